The number of fused-ring (bicyclic) bond motifs is 5. The summed E-state index contributed by atoms with van der Waals surface area (Å²) in [7, 11) is 0. The summed E-state index contributed by atoms with van der Waals surface area (Å²) in [6.45, 7) is 0. The van der Waals surface area contributed by atoms with Gasteiger partial charge in [0.1, 0.15) is 11.2 Å². The first-order chi connectivity index (χ1) is 35.0. The van der Waals surface area contributed by atoms with Crippen molar-refractivity contribution < 1.29 is 10.2 Å². The van der Waals surface area contributed by atoms with E-state index in [0.29, 0.717) is 0 Å². The van der Waals surface area contributed by atoms with Gasteiger partial charge in [0.15, 0.2) is 0 Å². The van der Waals surface area contributed by atoms with Crippen molar-refractivity contribution in [3.63, 3.8) is 0 Å². The van der Waals surface area contributed by atoms with Crippen molar-refractivity contribution in [2.75, 3.05) is 0 Å². The molecule has 0 amide bonds. The third-order valence-corrected chi connectivity index (χ3v) is 15.1. The van der Waals surface area contributed by atoms with Gasteiger partial charge in [-0.05, 0) is 103 Å². The van der Waals surface area contributed by atoms with Gasteiger partial charge in [-0.3, -0.25) is 0 Å². The van der Waals surface area contributed by atoms with Gasteiger partial charge in [-0.15, -0.1) is 0 Å². The Bertz CT molecular complexity index is 3540. The molecule has 2 N–H and O–H groups in total. The lowest BCUT2D eigenvalue weighted by Gasteiger charge is -2.32. The molecule has 2 heterocycles. The molecule has 0 radical (unpaired) electrons. The monoisotopic (exact) mass is 912 g/mol. The molecule has 10 aromatic carbocycles. The number of aromatic nitrogens is 2. The zero-order valence-electron chi connectivity index (χ0n) is 38.8. The zero-order valence-corrected chi connectivity index (χ0v) is 38.8. The highest BCUT2D eigenvalue weighted by Crippen LogP contribution is 2.59. The molecule has 1 aliphatic carbocycles. The van der Waals surface area contributed by atoms with Crippen LogP contribution in [0.4, 0.5) is 0 Å². The van der Waals surface area contributed by atoms with E-state index in [0.717, 1.165) is 66.6 Å². The van der Waals surface area contributed by atoms with Crippen LogP contribution in [0.15, 0.2) is 279 Å². The summed E-state index contributed by atoms with van der Waals surface area (Å²) in [5, 5.41) is 27.8. The minimum absolute atomic E-state index is 0.746. The number of hydrogen-bond donors (Lipinski definition) is 2. The van der Waals surface area contributed by atoms with Crippen LogP contribution in [0.3, 0.4) is 0 Å². The Morgan fingerprint density at radius 3 is 0.901 bits per heavy atom. The summed E-state index contributed by atoms with van der Waals surface area (Å²) in [4.78, 5) is 0. The fourth-order valence-corrected chi connectivity index (χ4v) is 11.8. The average molecular weight is 913 g/mol. The Morgan fingerprint density at radius 1 is 0.268 bits per heavy atom. The Kier molecular flexibility index (Phi) is 9.96. The topological polar surface area (TPSA) is 50.3 Å². The normalized spacial score (nSPS) is 13.0. The Morgan fingerprint density at radius 2 is 0.549 bits per heavy atom. The van der Waals surface area contributed by atoms with Crippen LogP contribution in [0.5, 0.6) is 0 Å². The second-order valence-electron chi connectivity index (χ2n) is 18.7. The number of hydrogen-bond acceptors (Lipinski definition) is 2. The van der Waals surface area contributed by atoms with Gasteiger partial charge in [-0.25, -0.2) is 0 Å². The average Bonchev–Trinajstić information content (AvgIpc) is 4.13. The highest BCUT2D eigenvalue weighted by molar-refractivity contribution is 5.99. The van der Waals surface area contributed by atoms with Crippen LogP contribution in [0.1, 0.15) is 55.6 Å². The van der Waals surface area contributed by atoms with Crippen molar-refractivity contribution in [2.24, 2.45) is 0 Å². The maximum atomic E-state index is 12.7. The fourth-order valence-electron chi connectivity index (χ4n) is 11.8. The molecule has 338 valence electrons. The smallest absolute Gasteiger partial charge is 0.140 e. The van der Waals surface area contributed by atoms with Crippen molar-refractivity contribution in [3.05, 3.63) is 335 Å². The van der Waals surface area contributed by atoms with Gasteiger partial charge < -0.3 is 19.3 Å². The molecule has 0 saturated heterocycles. The van der Waals surface area contributed by atoms with Crippen molar-refractivity contribution in [1.29, 1.82) is 0 Å². The van der Waals surface area contributed by atoms with E-state index in [1.165, 1.54) is 33.4 Å². The van der Waals surface area contributed by atoms with Gasteiger partial charge in [-0.1, -0.05) is 231 Å². The predicted molar refractivity (Wildman–Crippen MR) is 287 cm³/mol. The van der Waals surface area contributed by atoms with Crippen LogP contribution < -0.4 is 0 Å². The summed E-state index contributed by atoms with van der Waals surface area (Å²) >= 11 is 0. The van der Waals surface area contributed by atoms with E-state index >= 15 is 0 Å². The van der Waals surface area contributed by atoms with Crippen molar-refractivity contribution in [2.45, 2.75) is 16.6 Å². The lowest BCUT2D eigenvalue weighted by atomic mass is 9.67. The first kappa shape index (κ1) is 42.3. The lowest BCUT2D eigenvalue weighted by Crippen LogP contribution is -2.28. The molecule has 4 nitrogen and oxygen atoms in total. The largest absolute Gasteiger partial charge is 0.376 e. The van der Waals surface area contributed by atoms with Crippen molar-refractivity contribution in [3.8, 4) is 22.5 Å². The molecule has 0 fully saturated rings. The molecule has 4 heteroatoms. The molecule has 71 heavy (non-hydrogen) atoms. The minimum atomic E-state index is -1.36. The molecule has 13 rings (SSSR count). The molecule has 2 aromatic heterocycles. The number of aliphatic hydroxyl groups is 2. The molecule has 0 atom stereocenters. The van der Waals surface area contributed by atoms with E-state index in [-0.39, 0.29) is 0 Å². The standard InChI is InChI=1S/C67H48N2O2/c70-66(47-21-5-1-6-22-47,48-23-7-2-8-24-48)51-37-41-53(42-38-51)68-45-61(57-31-15-19-35-63(57)68)65(59-33-17-13-29-55(59)56-30-14-18-34-60(56)65)62-46-69(64-36-20-16-32-58(62)64)54-43-39-52(40-44-54)67(71,49-25-9-3-10-26-49)50-27-11-4-12-28-50/h1-46,70-71H. The molecule has 12 aromatic rings. The number of para-hydroxylation sites is 2. The van der Waals surface area contributed by atoms with Crippen LogP contribution in [0.25, 0.3) is 44.3 Å². The Labute approximate surface area is 413 Å². The van der Waals surface area contributed by atoms with E-state index < -0.39 is 16.6 Å². The van der Waals surface area contributed by atoms with E-state index in [9.17, 15) is 10.2 Å². The van der Waals surface area contributed by atoms with Crippen LogP contribution >= 0.6 is 0 Å². The highest BCUT2D eigenvalue weighted by atomic mass is 16.3. The highest BCUT2D eigenvalue weighted by Gasteiger charge is 2.49. The van der Waals surface area contributed by atoms with Crippen LogP contribution in [0, 0.1) is 0 Å². The van der Waals surface area contributed by atoms with E-state index in [2.05, 4.69) is 167 Å². The summed E-state index contributed by atoms with van der Waals surface area (Å²) in [6.07, 6.45) is 4.71. The van der Waals surface area contributed by atoms with Crippen LogP contribution in [0.2, 0.25) is 0 Å². The first-order valence-corrected chi connectivity index (χ1v) is 24.3. The third kappa shape index (κ3) is 6.39. The second kappa shape index (κ2) is 16.7. The Hall–Kier alpha value is -8.80. The van der Waals surface area contributed by atoms with Gasteiger partial charge in [-0.2, -0.15) is 0 Å². The van der Waals surface area contributed by atoms with E-state index in [1.807, 2.05) is 121 Å². The lowest BCUT2D eigenvalue weighted by molar-refractivity contribution is 0.125. The molecular weight excluding hydrogens is 865 g/mol. The van der Waals surface area contributed by atoms with Gasteiger partial charge in [0.05, 0.1) is 16.4 Å². The number of benzene rings is 10. The van der Waals surface area contributed by atoms with Crippen molar-refractivity contribution >= 4 is 21.8 Å². The molecule has 0 aliphatic heterocycles. The summed E-state index contributed by atoms with van der Waals surface area (Å²) in [6, 6.07) is 91.9. The summed E-state index contributed by atoms with van der Waals surface area (Å²) < 4.78 is 4.64. The molecule has 0 unspecified atom stereocenters. The minimum Gasteiger partial charge on any atom is -0.376 e. The first-order valence-electron chi connectivity index (χ1n) is 24.3. The predicted octanol–water partition coefficient (Wildman–Crippen LogP) is 14.5. The SMILES string of the molecule is OC(c1ccccc1)(c1ccccc1)c1ccc(-n2cc(C3(c4cn(-c5ccc(C(O)(c6ccccc6)c6ccccc6)cc5)c5ccccc45)c4ccccc4-c4ccccc43)c3ccccc32)cc1. The molecular formula is C67H48N2O2. The van der Waals surface area contributed by atoms with Gasteiger partial charge in [0, 0.05) is 34.5 Å². The van der Waals surface area contributed by atoms with Crippen LogP contribution in [-0.2, 0) is 16.6 Å². The summed E-state index contributed by atoms with van der Waals surface area (Å²) in [5.41, 5.74) is 12.7. The van der Waals surface area contributed by atoms with Gasteiger partial charge >= 0.3 is 0 Å². The zero-order chi connectivity index (χ0) is 47.6. The maximum absolute atomic E-state index is 12.7. The fraction of sp³-hybridized carbons (Fsp3) is 0.0448. The van der Waals surface area contributed by atoms with Crippen molar-refractivity contribution in [1.82, 2.24) is 9.13 Å². The summed E-state index contributed by atoms with van der Waals surface area (Å²) in [5.74, 6) is 0. The van der Waals surface area contributed by atoms with Gasteiger partial charge in [0.25, 0.3) is 0 Å². The van der Waals surface area contributed by atoms with Gasteiger partial charge in [0.2, 0.25) is 0 Å². The molecule has 1 aliphatic rings. The second-order valence-corrected chi connectivity index (χ2v) is 18.7. The maximum Gasteiger partial charge on any atom is 0.140 e. The van der Waals surface area contributed by atoms with E-state index in [4.69, 9.17) is 0 Å². The van der Waals surface area contributed by atoms with E-state index in [1.54, 1.807) is 0 Å². The number of rotatable bonds is 10. The number of nitrogens with zero attached hydrogens (tertiary/aromatic N) is 2. The molecule has 0 saturated carbocycles. The molecule has 0 bridgehead atoms. The van der Waals surface area contributed by atoms with Crippen LogP contribution in [-0.4, -0.2) is 19.3 Å². The molecule has 0 spiro atoms. The Balaban J connectivity index is 1.01. The third-order valence-electron chi connectivity index (χ3n) is 15.1. The quantitative estimate of drug-likeness (QED) is 0.134.